The monoisotopic (exact) mass is 479 g/mol. The van der Waals surface area contributed by atoms with Crippen molar-refractivity contribution in [2.75, 3.05) is 17.2 Å². The van der Waals surface area contributed by atoms with Crippen LogP contribution in [0.2, 0.25) is 0 Å². The van der Waals surface area contributed by atoms with E-state index in [-0.39, 0.29) is 35.7 Å². The van der Waals surface area contributed by atoms with Crippen LogP contribution in [0, 0.1) is 17.8 Å². The Bertz CT molecular complexity index is 1230. The summed E-state index contributed by atoms with van der Waals surface area (Å²) in [5.74, 6) is -0.126. The topological polar surface area (TPSA) is 61.4 Å². The van der Waals surface area contributed by atoms with Gasteiger partial charge >= 0.3 is 0 Å². The molecule has 3 aliphatic rings. The molecular formula is C31H33N3O2. The number of anilines is 2. The summed E-state index contributed by atoms with van der Waals surface area (Å²) in [6.07, 6.45) is 4.48. The van der Waals surface area contributed by atoms with Gasteiger partial charge in [0.2, 0.25) is 11.8 Å². The molecule has 6 rings (SSSR count). The largest absolute Gasteiger partial charge is 0.378 e. The number of fused-ring (bicyclic) bond motifs is 3. The third-order valence-electron chi connectivity index (χ3n) is 8.37. The summed E-state index contributed by atoms with van der Waals surface area (Å²) in [6.45, 7) is 0.733. The predicted molar refractivity (Wildman–Crippen MR) is 142 cm³/mol. The lowest BCUT2D eigenvalue weighted by Gasteiger charge is -2.41. The first kappa shape index (κ1) is 22.8. The van der Waals surface area contributed by atoms with Crippen molar-refractivity contribution in [3.8, 4) is 0 Å². The molecule has 5 nitrogen and oxygen atoms in total. The van der Waals surface area contributed by atoms with Gasteiger partial charge in [-0.3, -0.25) is 9.59 Å². The van der Waals surface area contributed by atoms with Gasteiger partial charge < -0.3 is 15.5 Å². The molecule has 1 aliphatic carbocycles. The van der Waals surface area contributed by atoms with E-state index in [4.69, 9.17) is 0 Å². The molecule has 2 fully saturated rings. The highest BCUT2D eigenvalue weighted by atomic mass is 16.2. The van der Waals surface area contributed by atoms with E-state index >= 15 is 0 Å². The van der Waals surface area contributed by atoms with E-state index in [2.05, 4.69) is 64.1 Å². The Morgan fingerprint density at radius 1 is 0.778 bits per heavy atom. The molecular weight excluding hydrogens is 446 g/mol. The van der Waals surface area contributed by atoms with Crippen LogP contribution in [-0.4, -0.2) is 23.3 Å². The van der Waals surface area contributed by atoms with Crippen LogP contribution in [0.3, 0.4) is 0 Å². The van der Waals surface area contributed by atoms with Crippen molar-refractivity contribution >= 4 is 23.2 Å². The van der Waals surface area contributed by atoms with Gasteiger partial charge in [-0.1, -0.05) is 79.6 Å². The van der Waals surface area contributed by atoms with Crippen LogP contribution in [0.1, 0.15) is 55.3 Å². The molecule has 0 spiro atoms. The summed E-state index contributed by atoms with van der Waals surface area (Å²) in [6, 6.07) is 28.7. The number of carbonyl (C=O) groups is 2. The Labute approximate surface area is 212 Å². The molecule has 5 heteroatoms. The molecule has 184 valence electrons. The summed E-state index contributed by atoms with van der Waals surface area (Å²) in [4.78, 5) is 29.6. The zero-order valence-electron chi connectivity index (χ0n) is 20.5. The fraction of sp³-hybridized carbons (Fsp3) is 0.355. The number of nitrogens with one attached hydrogen (secondary N) is 2. The standard InChI is InChI=1S/C31H33N3O2/c35-30(32-22-13-5-2-6-14-22)23-15-7-8-16-24(23)31(36)34-20-19-26-28(21-11-3-1-4-12-21)33-27-18-10-9-17-25(27)29(26)34/h1-6,9-14,17-18,23-24,26,28-29,33H,7-8,15-16,19-20H2,(H,32,35). The van der Waals surface area contributed by atoms with Crippen molar-refractivity contribution in [3.05, 3.63) is 96.1 Å². The van der Waals surface area contributed by atoms with Crippen LogP contribution in [-0.2, 0) is 9.59 Å². The molecule has 2 amide bonds. The molecule has 36 heavy (non-hydrogen) atoms. The molecule has 1 saturated carbocycles. The van der Waals surface area contributed by atoms with Crippen molar-refractivity contribution in [1.82, 2.24) is 4.90 Å². The highest BCUT2D eigenvalue weighted by Gasteiger charge is 2.49. The lowest BCUT2D eigenvalue weighted by atomic mass is 9.76. The fourth-order valence-corrected chi connectivity index (χ4v) is 6.67. The Kier molecular flexibility index (Phi) is 6.22. The lowest BCUT2D eigenvalue weighted by molar-refractivity contribution is -0.143. The smallest absolute Gasteiger partial charge is 0.228 e. The molecule has 2 N–H and O–H groups in total. The minimum absolute atomic E-state index is 0.0251. The predicted octanol–water partition coefficient (Wildman–Crippen LogP) is 6.19. The molecule has 1 saturated heterocycles. The molecule has 2 aliphatic heterocycles. The van der Waals surface area contributed by atoms with Crippen LogP contribution in [0.4, 0.5) is 11.4 Å². The van der Waals surface area contributed by atoms with Crippen LogP contribution in [0.25, 0.3) is 0 Å². The first-order valence-corrected chi connectivity index (χ1v) is 13.3. The molecule has 2 heterocycles. The quantitative estimate of drug-likeness (QED) is 0.469. The number of likely N-dealkylation sites (tertiary alicyclic amines) is 1. The summed E-state index contributed by atoms with van der Waals surface area (Å²) in [5, 5.41) is 6.84. The summed E-state index contributed by atoms with van der Waals surface area (Å²) in [7, 11) is 0. The second kappa shape index (κ2) is 9.81. The van der Waals surface area contributed by atoms with E-state index in [1.807, 2.05) is 36.4 Å². The van der Waals surface area contributed by atoms with Crippen molar-refractivity contribution in [2.45, 2.75) is 44.2 Å². The van der Waals surface area contributed by atoms with Gasteiger partial charge in [0.25, 0.3) is 0 Å². The summed E-state index contributed by atoms with van der Waals surface area (Å²) in [5.41, 5.74) is 4.35. The van der Waals surface area contributed by atoms with Gasteiger partial charge in [-0.25, -0.2) is 0 Å². The van der Waals surface area contributed by atoms with Gasteiger partial charge in [0, 0.05) is 35.7 Å². The second-order valence-electron chi connectivity index (χ2n) is 10.4. The van der Waals surface area contributed by atoms with Gasteiger partial charge in [-0.2, -0.15) is 0 Å². The minimum Gasteiger partial charge on any atom is -0.378 e. The minimum atomic E-state index is -0.285. The first-order valence-electron chi connectivity index (χ1n) is 13.3. The maximum absolute atomic E-state index is 14.2. The Hall–Kier alpha value is -3.60. The number of hydrogen-bond donors (Lipinski definition) is 2. The maximum Gasteiger partial charge on any atom is 0.228 e. The number of para-hydroxylation sites is 2. The number of amides is 2. The molecule has 0 radical (unpaired) electrons. The Morgan fingerprint density at radius 3 is 2.22 bits per heavy atom. The first-order chi connectivity index (χ1) is 17.7. The van der Waals surface area contributed by atoms with Crippen LogP contribution in [0.15, 0.2) is 84.9 Å². The molecule has 0 bridgehead atoms. The number of benzene rings is 3. The van der Waals surface area contributed by atoms with E-state index in [1.54, 1.807) is 0 Å². The molecule has 5 unspecified atom stereocenters. The zero-order chi connectivity index (χ0) is 24.5. The molecule has 0 aromatic heterocycles. The van der Waals surface area contributed by atoms with E-state index in [1.165, 1.54) is 11.1 Å². The summed E-state index contributed by atoms with van der Waals surface area (Å²) < 4.78 is 0. The van der Waals surface area contributed by atoms with Gasteiger partial charge in [-0.15, -0.1) is 0 Å². The van der Waals surface area contributed by atoms with E-state index in [9.17, 15) is 9.59 Å². The normalized spacial score (nSPS) is 26.9. The van der Waals surface area contributed by atoms with Gasteiger partial charge in [0.05, 0.1) is 12.1 Å². The number of hydrogen-bond acceptors (Lipinski definition) is 3. The average Bonchev–Trinajstić information content (AvgIpc) is 3.39. The third-order valence-corrected chi connectivity index (χ3v) is 8.37. The number of carbonyl (C=O) groups excluding carboxylic acids is 2. The van der Waals surface area contributed by atoms with Crippen molar-refractivity contribution < 1.29 is 9.59 Å². The summed E-state index contributed by atoms with van der Waals surface area (Å²) >= 11 is 0. The van der Waals surface area contributed by atoms with E-state index in [0.29, 0.717) is 5.92 Å². The molecule has 5 atom stereocenters. The Balaban J connectivity index is 1.29. The highest BCUT2D eigenvalue weighted by Crippen LogP contribution is 2.52. The van der Waals surface area contributed by atoms with Gasteiger partial charge in [-0.05, 0) is 48.6 Å². The SMILES string of the molecule is O=C(Nc1ccccc1)C1CCCCC1C(=O)N1CCC2C(c3ccccc3)Nc3ccccc3C21. The van der Waals surface area contributed by atoms with Crippen LogP contribution in [0.5, 0.6) is 0 Å². The van der Waals surface area contributed by atoms with Gasteiger partial charge in [0.15, 0.2) is 0 Å². The molecule has 3 aromatic carbocycles. The second-order valence-corrected chi connectivity index (χ2v) is 10.4. The van der Waals surface area contributed by atoms with Crippen molar-refractivity contribution in [1.29, 1.82) is 0 Å². The molecule has 3 aromatic rings. The third kappa shape index (κ3) is 4.17. The van der Waals surface area contributed by atoms with Crippen LogP contribution >= 0.6 is 0 Å². The van der Waals surface area contributed by atoms with Crippen molar-refractivity contribution in [3.63, 3.8) is 0 Å². The highest BCUT2D eigenvalue weighted by molar-refractivity contribution is 5.96. The maximum atomic E-state index is 14.2. The van der Waals surface area contributed by atoms with Crippen LogP contribution < -0.4 is 10.6 Å². The lowest BCUT2D eigenvalue weighted by Crippen LogP contribution is -2.45. The Morgan fingerprint density at radius 2 is 1.44 bits per heavy atom. The van der Waals surface area contributed by atoms with Gasteiger partial charge in [0.1, 0.15) is 0 Å². The average molecular weight is 480 g/mol. The fourth-order valence-electron chi connectivity index (χ4n) is 6.67. The zero-order valence-corrected chi connectivity index (χ0v) is 20.5. The number of nitrogens with zero attached hydrogens (tertiary/aromatic N) is 1. The van der Waals surface area contributed by atoms with Crippen molar-refractivity contribution in [2.24, 2.45) is 17.8 Å². The van der Waals surface area contributed by atoms with E-state index in [0.717, 1.165) is 50.0 Å². The van der Waals surface area contributed by atoms with E-state index < -0.39 is 0 Å². The number of rotatable bonds is 4.